The Bertz CT molecular complexity index is 395. The Balaban J connectivity index is 3.48. The lowest BCUT2D eigenvalue weighted by Gasteiger charge is -2.15. The fraction of sp³-hybridized carbons (Fsp3) is 0.889. The van der Waals surface area contributed by atoms with Gasteiger partial charge in [-0.1, -0.05) is 103 Å². The molecule has 0 aromatic heterocycles. The molecule has 0 rings (SSSR count). The molecular formula is C27H52O4. The highest BCUT2D eigenvalue weighted by atomic mass is 16.6. The van der Waals surface area contributed by atoms with E-state index in [4.69, 9.17) is 9.47 Å². The van der Waals surface area contributed by atoms with Crippen molar-refractivity contribution in [3.63, 3.8) is 0 Å². The summed E-state index contributed by atoms with van der Waals surface area (Å²) in [4.78, 5) is 12.0. The lowest BCUT2D eigenvalue weighted by molar-refractivity contribution is -0.154. The smallest absolute Gasteiger partial charge is 0.306 e. The van der Waals surface area contributed by atoms with E-state index in [1.165, 1.54) is 89.9 Å². The van der Waals surface area contributed by atoms with E-state index in [1.807, 2.05) is 0 Å². The molecule has 0 aliphatic heterocycles. The Labute approximate surface area is 193 Å². The second-order valence-electron chi connectivity index (χ2n) is 8.76. The molecule has 0 aromatic rings. The molecule has 184 valence electrons. The number of ether oxygens (including phenoxy) is 2. The van der Waals surface area contributed by atoms with Gasteiger partial charge in [0.25, 0.3) is 0 Å². The number of unbranched alkanes of at least 4 members (excludes halogenated alkanes) is 14. The van der Waals surface area contributed by atoms with Crippen LogP contribution in [0.3, 0.4) is 0 Å². The number of esters is 1. The first-order valence-electron chi connectivity index (χ1n) is 13.3. The zero-order valence-corrected chi connectivity index (χ0v) is 20.8. The molecular weight excluding hydrogens is 388 g/mol. The minimum absolute atomic E-state index is 0.172. The first-order chi connectivity index (χ1) is 15.2. The van der Waals surface area contributed by atoms with Crippen molar-refractivity contribution in [3.8, 4) is 0 Å². The van der Waals surface area contributed by atoms with Crippen molar-refractivity contribution in [2.24, 2.45) is 0 Å². The molecule has 1 atom stereocenters. The number of carbonyl (C=O) groups is 1. The SMILES string of the molecule is CCC/C=C\CCCCCCCC(=O)OC(CO)COCCCCCCCCCCC. The number of aliphatic hydroxyl groups is 1. The van der Waals surface area contributed by atoms with Crippen LogP contribution in [0, 0.1) is 0 Å². The van der Waals surface area contributed by atoms with Gasteiger partial charge in [0.2, 0.25) is 0 Å². The van der Waals surface area contributed by atoms with E-state index in [9.17, 15) is 9.90 Å². The highest BCUT2D eigenvalue weighted by Gasteiger charge is 2.13. The van der Waals surface area contributed by atoms with Crippen LogP contribution in [0.4, 0.5) is 0 Å². The highest BCUT2D eigenvalue weighted by molar-refractivity contribution is 5.69. The van der Waals surface area contributed by atoms with E-state index in [1.54, 1.807) is 0 Å². The van der Waals surface area contributed by atoms with Gasteiger partial charge in [0, 0.05) is 13.0 Å². The van der Waals surface area contributed by atoms with E-state index in [0.717, 1.165) is 19.3 Å². The molecule has 0 amide bonds. The van der Waals surface area contributed by atoms with E-state index in [2.05, 4.69) is 26.0 Å². The number of carbonyl (C=O) groups excluding carboxylic acids is 1. The molecule has 0 aliphatic carbocycles. The third-order valence-corrected chi connectivity index (χ3v) is 5.57. The van der Waals surface area contributed by atoms with E-state index in [0.29, 0.717) is 19.6 Å². The third-order valence-electron chi connectivity index (χ3n) is 5.57. The Hall–Kier alpha value is -0.870. The zero-order valence-electron chi connectivity index (χ0n) is 20.8. The summed E-state index contributed by atoms with van der Waals surface area (Å²) in [5.74, 6) is -0.215. The highest BCUT2D eigenvalue weighted by Crippen LogP contribution is 2.11. The van der Waals surface area contributed by atoms with Crippen LogP contribution in [0.15, 0.2) is 12.2 Å². The molecule has 0 aromatic carbocycles. The summed E-state index contributed by atoms with van der Waals surface area (Å²) in [7, 11) is 0. The van der Waals surface area contributed by atoms with Gasteiger partial charge in [0.05, 0.1) is 13.2 Å². The zero-order chi connectivity index (χ0) is 22.8. The molecule has 0 bridgehead atoms. The number of aliphatic hydroxyl groups excluding tert-OH is 1. The van der Waals surface area contributed by atoms with Crippen molar-refractivity contribution < 1.29 is 19.4 Å². The number of rotatable bonds is 24. The summed E-state index contributed by atoms with van der Waals surface area (Å²) < 4.78 is 11.0. The average molecular weight is 441 g/mol. The number of hydrogen-bond donors (Lipinski definition) is 1. The largest absolute Gasteiger partial charge is 0.457 e. The van der Waals surface area contributed by atoms with Crippen LogP contribution in [-0.2, 0) is 14.3 Å². The average Bonchev–Trinajstić information content (AvgIpc) is 2.77. The van der Waals surface area contributed by atoms with Crippen molar-refractivity contribution in [1.82, 2.24) is 0 Å². The quantitative estimate of drug-likeness (QED) is 0.0957. The van der Waals surface area contributed by atoms with Crippen LogP contribution in [0.1, 0.15) is 129 Å². The third kappa shape index (κ3) is 23.6. The lowest BCUT2D eigenvalue weighted by Crippen LogP contribution is -2.27. The maximum atomic E-state index is 12.0. The van der Waals surface area contributed by atoms with Gasteiger partial charge in [-0.05, 0) is 32.1 Å². The summed E-state index contributed by atoms with van der Waals surface area (Å²) in [6.45, 7) is 5.25. The molecule has 0 radical (unpaired) electrons. The minimum Gasteiger partial charge on any atom is -0.457 e. The van der Waals surface area contributed by atoms with Crippen LogP contribution in [-0.4, -0.2) is 37.0 Å². The summed E-state index contributed by atoms with van der Waals surface area (Å²) in [5, 5.41) is 9.42. The summed E-state index contributed by atoms with van der Waals surface area (Å²) in [6.07, 6.45) is 25.1. The van der Waals surface area contributed by atoms with Crippen LogP contribution < -0.4 is 0 Å². The van der Waals surface area contributed by atoms with Gasteiger partial charge in [0.1, 0.15) is 6.10 Å². The van der Waals surface area contributed by atoms with Crippen LogP contribution in [0.5, 0.6) is 0 Å². The molecule has 4 nitrogen and oxygen atoms in total. The van der Waals surface area contributed by atoms with Crippen molar-refractivity contribution in [3.05, 3.63) is 12.2 Å². The normalized spacial score (nSPS) is 12.5. The molecule has 1 N–H and O–H groups in total. The topological polar surface area (TPSA) is 55.8 Å². The number of hydrogen-bond acceptors (Lipinski definition) is 4. The molecule has 0 saturated carbocycles. The van der Waals surface area contributed by atoms with Gasteiger partial charge >= 0.3 is 5.97 Å². The fourth-order valence-electron chi connectivity index (χ4n) is 3.56. The first kappa shape index (κ1) is 30.1. The Morgan fingerprint density at radius 1 is 0.742 bits per heavy atom. The summed E-state index contributed by atoms with van der Waals surface area (Å²) in [5.41, 5.74) is 0. The standard InChI is InChI=1S/C27H52O4/c1-3-5-7-9-11-13-14-16-18-20-22-27(29)31-26(24-28)25-30-23-21-19-17-15-12-10-8-6-4-2/h7,9,26,28H,3-6,8,10-25H2,1-2H3/b9-7-. The van der Waals surface area contributed by atoms with Crippen molar-refractivity contribution >= 4 is 5.97 Å². The molecule has 0 heterocycles. The summed E-state index contributed by atoms with van der Waals surface area (Å²) in [6, 6.07) is 0. The van der Waals surface area contributed by atoms with Gasteiger partial charge in [-0.15, -0.1) is 0 Å². The van der Waals surface area contributed by atoms with Gasteiger partial charge < -0.3 is 14.6 Å². The van der Waals surface area contributed by atoms with Crippen LogP contribution >= 0.6 is 0 Å². The van der Waals surface area contributed by atoms with Gasteiger partial charge in [-0.25, -0.2) is 0 Å². The molecule has 0 spiro atoms. The molecule has 0 saturated heterocycles. The van der Waals surface area contributed by atoms with Crippen LogP contribution in [0.25, 0.3) is 0 Å². The number of allylic oxidation sites excluding steroid dienone is 2. The molecule has 0 fully saturated rings. The van der Waals surface area contributed by atoms with Gasteiger partial charge in [0.15, 0.2) is 0 Å². The molecule has 4 heteroatoms. The molecule has 31 heavy (non-hydrogen) atoms. The van der Waals surface area contributed by atoms with Gasteiger partial charge in [-0.2, -0.15) is 0 Å². The Morgan fingerprint density at radius 3 is 1.97 bits per heavy atom. The fourth-order valence-corrected chi connectivity index (χ4v) is 3.56. The maximum absolute atomic E-state index is 12.0. The second-order valence-corrected chi connectivity index (χ2v) is 8.76. The predicted molar refractivity (Wildman–Crippen MR) is 131 cm³/mol. The second kappa shape index (κ2) is 25.4. The van der Waals surface area contributed by atoms with Crippen molar-refractivity contribution in [2.45, 2.75) is 136 Å². The van der Waals surface area contributed by atoms with Crippen molar-refractivity contribution in [1.29, 1.82) is 0 Å². The lowest BCUT2D eigenvalue weighted by atomic mass is 10.1. The monoisotopic (exact) mass is 440 g/mol. The molecule has 0 aliphatic rings. The van der Waals surface area contributed by atoms with E-state index in [-0.39, 0.29) is 12.6 Å². The van der Waals surface area contributed by atoms with E-state index >= 15 is 0 Å². The molecule has 1 unspecified atom stereocenters. The summed E-state index contributed by atoms with van der Waals surface area (Å²) >= 11 is 0. The Kier molecular flexibility index (Phi) is 24.7. The maximum Gasteiger partial charge on any atom is 0.306 e. The first-order valence-corrected chi connectivity index (χ1v) is 13.3. The Morgan fingerprint density at radius 2 is 1.32 bits per heavy atom. The van der Waals surface area contributed by atoms with Gasteiger partial charge in [-0.3, -0.25) is 4.79 Å². The van der Waals surface area contributed by atoms with Crippen LogP contribution in [0.2, 0.25) is 0 Å². The predicted octanol–water partition coefficient (Wildman–Crippen LogP) is 7.52. The minimum atomic E-state index is -0.527. The van der Waals surface area contributed by atoms with Crippen molar-refractivity contribution in [2.75, 3.05) is 19.8 Å². The van der Waals surface area contributed by atoms with E-state index < -0.39 is 6.10 Å².